The molecule has 0 fully saturated rings. The number of carbonyl (C=O) groups is 1. The second-order valence-corrected chi connectivity index (χ2v) is 6.76. The van der Waals surface area contributed by atoms with Gasteiger partial charge in [-0.05, 0) is 36.2 Å². The van der Waals surface area contributed by atoms with Crippen molar-refractivity contribution in [3.8, 4) is 11.5 Å². The van der Waals surface area contributed by atoms with Gasteiger partial charge in [0.2, 0.25) is 0 Å². The number of ether oxygens (including phenoxy) is 4. The molecule has 0 aliphatic rings. The van der Waals surface area contributed by atoms with E-state index in [4.69, 9.17) is 18.9 Å². The van der Waals surface area contributed by atoms with Crippen LogP contribution in [0.1, 0.15) is 27.0 Å². The van der Waals surface area contributed by atoms with Crippen molar-refractivity contribution in [1.82, 2.24) is 10.6 Å². The van der Waals surface area contributed by atoms with E-state index in [1.54, 1.807) is 26.3 Å². The first-order valence-corrected chi connectivity index (χ1v) is 9.93. The Morgan fingerprint density at radius 2 is 1.74 bits per heavy atom. The maximum Gasteiger partial charge on any atom is 0.341 e. The third-order valence-corrected chi connectivity index (χ3v) is 4.57. The molecule has 2 aromatic rings. The van der Waals surface area contributed by atoms with Gasteiger partial charge < -0.3 is 29.6 Å². The Balaban J connectivity index is 2.00. The largest absolute Gasteiger partial charge is 0.496 e. The minimum atomic E-state index is -0.443. The van der Waals surface area contributed by atoms with Crippen LogP contribution in [0.25, 0.3) is 0 Å². The van der Waals surface area contributed by atoms with Gasteiger partial charge in [0.05, 0.1) is 20.8 Å². The molecule has 31 heavy (non-hydrogen) atoms. The van der Waals surface area contributed by atoms with Crippen LogP contribution < -0.4 is 20.1 Å². The monoisotopic (exact) mass is 429 g/mol. The zero-order valence-corrected chi connectivity index (χ0v) is 18.8. The summed E-state index contributed by atoms with van der Waals surface area (Å²) in [5.41, 5.74) is 3.41. The summed E-state index contributed by atoms with van der Waals surface area (Å²) in [5, 5.41) is 6.53. The molecule has 8 heteroatoms. The number of aliphatic imine (C=N–C) groups is 1. The molecule has 2 N–H and O–H groups in total. The summed E-state index contributed by atoms with van der Waals surface area (Å²) >= 11 is 0. The van der Waals surface area contributed by atoms with Gasteiger partial charge in [0, 0.05) is 32.8 Å². The van der Waals surface area contributed by atoms with Crippen molar-refractivity contribution in [2.45, 2.75) is 20.0 Å². The van der Waals surface area contributed by atoms with Crippen LogP contribution in [-0.2, 0) is 22.6 Å². The Hall–Kier alpha value is -3.26. The van der Waals surface area contributed by atoms with E-state index < -0.39 is 5.97 Å². The third-order valence-electron chi connectivity index (χ3n) is 4.57. The number of esters is 1. The second kappa shape index (κ2) is 12.4. The topological polar surface area (TPSA) is 90.4 Å². The van der Waals surface area contributed by atoms with Gasteiger partial charge in [-0.25, -0.2) is 4.79 Å². The van der Waals surface area contributed by atoms with E-state index in [9.17, 15) is 4.79 Å². The number of benzene rings is 2. The molecule has 0 unspecified atom stereocenters. The molecular formula is C23H31N3O5. The Morgan fingerprint density at radius 3 is 2.42 bits per heavy atom. The quantitative estimate of drug-likeness (QED) is 0.260. The molecular weight excluding hydrogens is 398 g/mol. The summed E-state index contributed by atoms with van der Waals surface area (Å²) in [7, 11) is 6.21. The molecule has 0 aliphatic carbocycles. The highest BCUT2D eigenvalue weighted by molar-refractivity contribution is 5.92. The summed E-state index contributed by atoms with van der Waals surface area (Å²) in [6.45, 7) is 4.05. The zero-order valence-electron chi connectivity index (χ0n) is 18.8. The predicted molar refractivity (Wildman–Crippen MR) is 120 cm³/mol. The Kier molecular flexibility index (Phi) is 9.64. The molecule has 8 nitrogen and oxygen atoms in total. The van der Waals surface area contributed by atoms with Crippen molar-refractivity contribution in [3.05, 3.63) is 58.7 Å². The molecule has 2 rings (SSSR count). The summed E-state index contributed by atoms with van der Waals surface area (Å²) in [6.07, 6.45) is 0. The fourth-order valence-electron chi connectivity index (χ4n) is 2.90. The van der Waals surface area contributed by atoms with Gasteiger partial charge in [0.25, 0.3) is 0 Å². The summed E-state index contributed by atoms with van der Waals surface area (Å²) in [4.78, 5) is 16.2. The molecule has 0 heterocycles. The van der Waals surface area contributed by atoms with Crippen LogP contribution in [-0.4, -0.2) is 53.5 Å². The number of methoxy groups -OCH3 is 3. The highest BCUT2D eigenvalue weighted by Crippen LogP contribution is 2.21. The van der Waals surface area contributed by atoms with Crippen LogP contribution in [0.5, 0.6) is 11.5 Å². The number of hydrogen-bond donors (Lipinski definition) is 2. The number of guanidine groups is 1. The summed E-state index contributed by atoms with van der Waals surface area (Å²) in [5.74, 6) is 1.47. The van der Waals surface area contributed by atoms with Crippen molar-refractivity contribution in [1.29, 1.82) is 0 Å². The molecule has 2 aromatic carbocycles. The third kappa shape index (κ3) is 7.18. The average Bonchev–Trinajstić information content (AvgIpc) is 2.79. The first kappa shape index (κ1) is 24.0. The minimum Gasteiger partial charge on any atom is -0.496 e. The molecule has 0 aliphatic heterocycles. The van der Waals surface area contributed by atoms with Gasteiger partial charge in [-0.2, -0.15) is 0 Å². The number of rotatable bonds is 10. The summed E-state index contributed by atoms with van der Waals surface area (Å²) in [6, 6.07) is 11.5. The highest BCUT2D eigenvalue weighted by Gasteiger charge is 2.13. The van der Waals surface area contributed by atoms with Crippen LogP contribution in [0.2, 0.25) is 0 Å². The van der Waals surface area contributed by atoms with Crippen LogP contribution in [0.15, 0.2) is 41.4 Å². The first-order valence-electron chi connectivity index (χ1n) is 9.93. The van der Waals surface area contributed by atoms with Gasteiger partial charge >= 0.3 is 5.97 Å². The van der Waals surface area contributed by atoms with E-state index in [0.717, 1.165) is 22.4 Å². The summed E-state index contributed by atoms with van der Waals surface area (Å²) < 4.78 is 21.0. The van der Waals surface area contributed by atoms with Gasteiger partial charge in [0.15, 0.2) is 5.96 Å². The number of aryl methyl sites for hydroxylation is 1. The molecule has 0 radical (unpaired) electrons. The molecule has 0 amide bonds. The predicted octanol–water partition coefficient (Wildman–Crippen LogP) is 2.68. The smallest absolute Gasteiger partial charge is 0.341 e. The van der Waals surface area contributed by atoms with E-state index in [0.29, 0.717) is 43.6 Å². The number of carbonyl (C=O) groups excluding carboxylic acids is 1. The molecule has 168 valence electrons. The lowest BCUT2D eigenvalue weighted by Gasteiger charge is -2.16. The van der Waals surface area contributed by atoms with Crippen LogP contribution in [0.4, 0.5) is 0 Å². The van der Waals surface area contributed by atoms with Crippen molar-refractivity contribution in [3.63, 3.8) is 0 Å². The van der Waals surface area contributed by atoms with Crippen LogP contribution in [0, 0.1) is 6.92 Å². The Bertz CT molecular complexity index is 899. The van der Waals surface area contributed by atoms with Crippen molar-refractivity contribution < 1.29 is 23.7 Å². The normalized spacial score (nSPS) is 11.1. The maximum absolute atomic E-state index is 12.0. The average molecular weight is 430 g/mol. The number of nitrogens with zero attached hydrogens (tertiary/aromatic N) is 1. The first-order chi connectivity index (χ1) is 15.0. The lowest BCUT2D eigenvalue weighted by Crippen LogP contribution is -2.36. The SMILES string of the molecule is CN=C(NCc1ccc(OC)c(C(=O)OC)c1)NCc1ccc(C)cc1OCCOC. The minimum absolute atomic E-state index is 0.379. The van der Waals surface area contributed by atoms with Crippen molar-refractivity contribution in [2.75, 3.05) is 41.6 Å². The molecule has 0 aromatic heterocycles. The van der Waals surface area contributed by atoms with Gasteiger partial charge in [-0.3, -0.25) is 4.99 Å². The highest BCUT2D eigenvalue weighted by atomic mass is 16.5. The molecule has 0 saturated heterocycles. The van der Waals surface area contributed by atoms with Crippen LogP contribution in [0.3, 0.4) is 0 Å². The van der Waals surface area contributed by atoms with E-state index in [1.807, 2.05) is 31.2 Å². The Morgan fingerprint density at radius 1 is 0.968 bits per heavy atom. The fourth-order valence-corrected chi connectivity index (χ4v) is 2.90. The molecule has 0 spiro atoms. The molecule has 0 atom stereocenters. The Labute approximate surface area is 183 Å². The van der Waals surface area contributed by atoms with Gasteiger partial charge in [-0.1, -0.05) is 18.2 Å². The lowest BCUT2D eigenvalue weighted by atomic mass is 10.1. The van der Waals surface area contributed by atoms with E-state index in [2.05, 4.69) is 15.6 Å². The van der Waals surface area contributed by atoms with Crippen LogP contribution >= 0.6 is 0 Å². The number of nitrogens with one attached hydrogen (secondary N) is 2. The van der Waals surface area contributed by atoms with E-state index >= 15 is 0 Å². The standard InChI is InChI=1S/C23H31N3O5/c1-16-6-8-18(21(12-16)31-11-10-28-3)15-26-23(24-2)25-14-17-7-9-20(29-4)19(13-17)22(27)30-5/h6-9,12-13H,10-11,14-15H2,1-5H3,(H2,24,25,26). The second-order valence-electron chi connectivity index (χ2n) is 6.76. The van der Waals surface area contributed by atoms with Crippen molar-refractivity contribution in [2.24, 2.45) is 4.99 Å². The molecule has 0 bridgehead atoms. The van der Waals surface area contributed by atoms with E-state index in [-0.39, 0.29) is 0 Å². The number of hydrogen-bond acceptors (Lipinski definition) is 6. The van der Waals surface area contributed by atoms with Gasteiger partial charge in [0.1, 0.15) is 23.7 Å². The zero-order chi connectivity index (χ0) is 22.6. The molecule has 0 saturated carbocycles. The van der Waals surface area contributed by atoms with E-state index in [1.165, 1.54) is 14.2 Å². The maximum atomic E-state index is 12.0. The van der Waals surface area contributed by atoms with Gasteiger partial charge in [-0.15, -0.1) is 0 Å². The lowest BCUT2D eigenvalue weighted by molar-refractivity contribution is 0.0597. The van der Waals surface area contributed by atoms with Crippen molar-refractivity contribution >= 4 is 11.9 Å². The fraction of sp³-hybridized carbons (Fsp3) is 0.391.